The summed E-state index contributed by atoms with van der Waals surface area (Å²) in [4.78, 5) is 30.4. The van der Waals surface area contributed by atoms with Crippen LogP contribution in [0.1, 0.15) is 18.5 Å². The summed E-state index contributed by atoms with van der Waals surface area (Å²) in [5, 5.41) is 9.08. The summed E-state index contributed by atoms with van der Waals surface area (Å²) in [5.74, 6) is -0.933. The highest BCUT2D eigenvalue weighted by atomic mass is 16.4. The first-order valence-corrected chi connectivity index (χ1v) is 6.24. The van der Waals surface area contributed by atoms with Gasteiger partial charge in [0.05, 0.1) is 12.2 Å². The van der Waals surface area contributed by atoms with Crippen molar-refractivity contribution >= 4 is 12.0 Å². The zero-order chi connectivity index (χ0) is 13.8. The molecule has 1 N–H and O–H groups in total. The second-order valence-electron chi connectivity index (χ2n) is 4.65. The lowest BCUT2D eigenvalue weighted by Gasteiger charge is -2.27. The Hall–Kier alpha value is -2.11. The van der Waals surface area contributed by atoms with E-state index >= 15 is 0 Å². The van der Waals surface area contributed by atoms with Crippen LogP contribution in [0.5, 0.6) is 0 Å². The highest BCUT2D eigenvalue weighted by Gasteiger charge is 2.35. The van der Waals surface area contributed by atoms with E-state index in [-0.39, 0.29) is 6.03 Å². The van der Waals surface area contributed by atoms with E-state index in [9.17, 15) is 9.59 Å². The van der Waals surface area contributed by atoms with Crippen molar-refractivity contribution in [2.75, 3.05) is 13.6 Å². The molecule has 0 saturated carbocycles. The molecule has 102 valence electrons. The summed E-state index contributed by atoms with van der Waals surface area (Å²) >= 11 is 0. The van der Waals surface area contributed by atoms with E-state index in [0.29, 0.717) is 19.5 Å². The van der Waals surface area contributed by atoms with E-state index < -0.39 is 12.0 Å². The predicted octanol–water partition coefficient (Wildman–Crippen LogP) is 1.18. The van der Waals surface area contributed by atoms with E-state index in [1.165, 1.54) is 9.80 Å². The van der Waals surface area contributed by atoms with E-state index in [2.05, 4.69) is 4.98 Å². The predicted molar refractivity (Wildman–Crippen MR) is 68.5 cm³/mol. The van der Waals surface area contributed by atoms with Crippen LogP contribution in [-0.4, -0.2) is 51.5 Å². The molecule has 1 aliphatic rings. The Labute approximate surface area is 111 Å². The van der Waals surface area contributed by atoms with Crippen LogP contribution in [0.4, 0.5) is 4.79 Å². The number of amides is 2. The minimum absolute atomic E-state index is 0.254. The van der Waals surface area contributed by atoms with Gasteiger partial charge in [-0.3, -0.25) is 4.98 Å². The van der Waals surface area contributed by atoms with E-state index in [4.69, 9.17) is 5.11 Å². The average Bonchev–Trinajstić information content (AvgIpc) is 2.88. The Balaban J connectivity index is 2.01. The lowest BCUT2D eigenvalue weighted by molar-refractivity contribution is -0.141. The summed E-state index contributed by atoms with van der Waals surface area (Å²) < 4.78 is 0. The molecule has 1 aromatic rings. The molecule has 1 fully saturated rings. The Kier molecular flexibility index (Phi) is 3.99. The molecule has 0 radical (unpaired) electrons. The second kappa shape index (κ2) is 5.69. The maximum atomic E-state index is 12.2. The maximum Gasteiger partial charge on any atom is 0.326 e. The van der Waals surface area contributed by atoms with Crippen molar-refractivity contribution in [2.45, 2.75) is 25.4 Å². The second-order valence-corrected chi connectivity index (χ2v) is 4.65. The van der Waals surface area contributed by atoms with Gasteiger partial charge < -0.3 is 14.9 Å². The number of urea groups is 1. The highest BCUT2D eigenvalue weighted by Crippen LogP contribution is 2.19. The number of likely N-dealkylation sites (tertiary alicyclic amines) is 1. The molecule has 2 amide bonds. The molecule has 2 heterocycles. The zero-order valence-corrected chi connectivity index (χ0v) is 10.8. The quantitative estimate of drug-likeness (QED) is 0.888. The van der Waals surface area contributed by atoms with Gasteiger partial charge in [-0.2, -0.15) is 0 Å². The van der Waals surface area contributed by atoms with Gasteiger partial charge in [0, 0.05) is 19.8 Å². The third kappa shape index (κ3) is 3.01. The summed E-state index contributed by atoms with van der Waals surface area (Å²) in [6.07, 6.45) is 2.93. The summed E-state index contributed by atoms with van der Waals surface area (Å²) in [7, 11) is 1.66. The van der Waals surface area contributed by atoms with Gasteiger partial charge in [0.25, 0.3) is 0 Å². The molecule has 0 unspecified atom stereocenters. The van der Waals surface area contributed by atoms with Crippen molar-refractivity contribution < 1.29 is 14.7 Å². The van der Waals surface area contributed by atoms with Crippen molar-refractivity contribution in [1.29, 1.82) is 0 Å². The average molecular weight is 263 g/mol. The topological polar surface area (TPSA) is 73.7 Å². The van der Waals surface area contributed by atoms with Crippen molar-refractivity contribution in [1.82, 2.24) is 14.8 Å². The minimum Gasteiger partial charge on any atom is -0.480 e. The van der Waals surface area contributed by atoms with Crippen LogP contribution in [0.2, 0.25) is 0 Å². The highest BCUT2D eigenvalue weighted by molar-refractivity contribution is 5.83. The normalized spacial score (nSPS) is 18.4. The lowest BCUT2D eigenvalue weighted by Crippen LogP contribution is -2.46. The molecule has 6 nitrogen and oxygen atoms in total. The molecule has 1 saturated heterocycles. The molecule has 0 aliphatic carbocycles. The Morgan fingerprint density at radius 1 is 1.53 bits per heavy atom. The first-order chi connectivity index (χ1) is 9.09. The van der Waals surface area contributed by atoms with Gasteiger partial charge in [0.1, 0.15) is 6.04 Å². The van der Waals surface area contributed by atoms with Crippen LogP contribution in [0, 0.1) is 0 Å². The standard InChI is InChI=1S/C13H17N3O3/c1-15(9-10-5-2-3-7-14-10)13(19)16-8-4-6-11(16)12(17)18/h2-3,5,7,11H,4,6,8-9H2,1H3,(H,17,18)/t11-/m1/s1. The molecule has 0 spiro atoms. The number of carbonyl (C=O) groups is 2. The number of aliphatic carboxylic acids is 1. The smallest absolute Gasteiger partial charge is 0.326 e. The number of hydrogen-bond acceptors (Lipinski definition) is 3. The van der Waals surface area contributed by atoms with Gasteiger partial charge in [-0.05, 0) is 25.0 Å². The molecule has 6 heteroatoms. The van der Waals surface area contributed by atoms with Gasteiger partial charge >= 0.3 is 12.0 Å². The van der Waals surface area contributed by atoms with Crippen LogP contribution in [0.3, 0.4) is 0 Å². The van der Waals surface area contributed by atoms with Crippen molar-refractivity contribution in [3.8, 4) is 0 Å². The molecule has 1 aliphatic heterocycles. The minimum atomic E-state index is -0.933. The van der Waals surface area contributed by atoms with Gasteiger partial charge in [-0.15, -0.1) is 0 Å². The monoisotopic (exact) mass is 263 g/mol. The van der Waals surface area contributed by atoms with Gasteiger partial charge in [-0.1, -0.05) is 6.07 Å². The van der Waals surface area contributed by atoms with Crippen LogP contribution >= 0.6 is 0 Å². The fourth-order valence-corrected chi connectivity index (χ4v) is 2.27. The fourth-order valence-electron chi connectivity index (χ4n) is 2.27. The van der Waals surface area contributed by atoms with E-state index in [1.54, 1.807) is 13.2 Å². The molecular formula is C13H17N3O3. The molecule has 0 bridgehead atoms. The Morgan fingerprint density at radius 3 is 2.95 bits per heavy atom. The van der Waals surface area contributed by atoms with Crippen molar-refractivity contribution in [3.63, 3.8) is 0 Å². The number of hydrogen-bond donors (Lipinski definition) is 1. The number of aromatic nitrogens is 1. The third-order valence-corrected chi connectivity index (χ3v) is 3.24. The fraction of sp³-hybridized carbons (Fsp3) is 0.462. The number of pyridine rings is 1. The lowest BCUT2D eigenvalue weighted by atomic mass is 10.2. The number of carboxylic acids is 1. The van der Waals surface area contributed by atoms with Gasteiger partial charge in [0.2, 0.25) is 0 Å². The molecule has 0 aromatic carbocycles. The van der Waals surface area contributed by atoms with Gasteiger partial charge in [0.15, 0.2) is 0 Å². The van der Waals surface area contributed by atoms with Crippen molar-refractivity contribution in [3.05, 3.63) is 30.1 Å². The van der Waals surface area contributed by atoms with Crippen LogP contribution in [0.25, 0.3) is 0 Å². The summed E-state index contributed by atoms with van der Waals surface area (Å²) in [6.45, 7) is 0.880. The van der Waals surface area contributed by atoms with Crippen molar-refractivity contribution in [2.24, 2.45) is 0 Å². The molecule has 1 atom stereocenters. The summed E-state index contributed by atoms with van der Waals surface area (Å²) in [5.41, 5.74) is 0.782. The summed E-state index contributed by atoms with van der Waals surface area (Å²) in [6, 6.07) is 4.56. The number of nitrogens with zero attached hydrogens (tertiary/aromatic N) is 3. The van der Waals surface area contributed by atoms with Crippen LogP contribution in [0.15, 0.2) is 24.4 Å². The molecule has 19 heavy (non-hydrogen) atoms. The molecule has 1 aromatic heterocycles. The molecular weight excluding hydrogens is 246 g/mol. The number of carboxylic acid groups (broad SMARTS) is 1. The van der Waals surface area contributed by atoms with Crippen LogP contribution in [-0.2, 0) is 11.3 Å². The maximum absolute atomic E-state index is 12.2. The molecule has 2 rings (SSSR count). The van der Waals surface area contributed by atoms with E-state index in [0.717, 1.165) is 12.1 Å². The Morgan fingerprint density at radius 2 is 2.32 bits per heavy atom. The van der Waals surface area contributed by atoms with Crippen LogP contribution < -0.4 is 0 Å². The number of rotatable bonds is 3. The first kappa shape index (κ1) is 13.3. The zero-order valence-electron chi connectivity index (χ0n) is 10.8. The van der Waals surface area contributed by atoms with Gasteiger partial charge in [-0.25, -0.2) is 9.59 Å². The largest absolute Gasteiger partial charge is 0.480 e. The Bertz CT molecular complexity index is 463. The first-order valence-electron chi connectivity index (χ1n) is 6.24. The number of carbonyl (C=O) groups excluding carboxylic acids is 1. The SMILES string of the molecule is CN(Cc1ccccn1)C(=O)N1CCC[C@@H]1C(=O)O. The van der Waals surface area contributed by atoms with E-state index in [1.807, 2.05) is 18.2 Å². The third-order valence-electron chi connectivity index (χ3n) is 3.24.